The van der Waals surface area contributed by atoms with Crippen LogP contribution in [0.2, 0.25) is 0 Å². The Morgan fingerprint density at radius 3 is 2.59 bits per heavy atom. The first-order chi connectivity index (χ1) is 12.8. The minimum absolute atomic E-state index is 0.158. The van der Waals surface area contributed by atoms with Crippen molar-refractivity contribution in [2.45, 2.75) is 77.4 Å². The van der Waals surface area contributed by atoms with Gasteiger partial charge >= 0.3 is 0 Å². The van der Waals surface area contributed by atoms with Crippen LogP contribution in [-0.2, 0) is 11.2 Å². The molecule has 2 aliphatic heterocycles. The summed E-state index contributed by atoms with van der Waals surface area (Å²) in [5.74, 6) is 1.93. The van der Waals surface area contributed by atoms with Gasteiger partial charge in [-0.3, -0.25) is 9.69 Å². The molecule has 4 rings (SSSR count). The van der Waals surface area contributed by atoms with E-state index >= 15 is 0 Å². The second-order valence-electron chi connectivity index (χ2n) is 9.55. The van der Waals surface area contributed by atoms with Crippen LogP contribution in [0.1, 0.15) is 57.8 Å². The molecule has 0 spiro atoms. The highest BCUT2D eigenvalue weighted by atomic mass is 16.2. The van der Waals surface area contributed by atoms with Crippen molar-refractivity contribution in [3.8, 4) is 0 Å². The Balaban J connectivity index is 1.39. The summed E-state index contributed by atoms with van der Waals surface area (Å²) in [4.78, 5) is 23.2. The highest BCUT2D eigenvalue weighted by molar-refractivity contribution is 5.79. The van der Waals surface area contributed by atoms with E-state index in [9.17, 15) is 4.79 Å². The quantitative estimate of drug-likeness (QED) is 0.867. The summed E-state index contributed by atoms with van der Waals surface area (Å²) < 4.78 is 0. The Labute approximate surface area is 161 Å². The number of nitrogens with one attached hydrogen (secondary N) is 2. The number of aromatic amines is 1. The van der Waals surface area contributed by atoms with Crippen molar-refractivity contribution in [2.75, 3.05) is 6.54 Å². The van der Waals surface area contributed by atoms with Crippen LogP contribution in [-0.4, -0.2) is 44.9 Å². The molecule has 2 N–H and O–H groups in total. The molecule has 27 heavy (non-hydrogen) atoms. The fourth-order valence-corrected chi connectivity index (χ4v) is 5.03. The lowest BCUT2D eigenvalue weighted by Crippen LogP contribution is -2.51. The van der Waals surface area contributed by atoms with E-state index in [0.29, 0.717) is 24.5 Å². The molecule has 5 nitrogen and oxygen atoms in total. The number of hydrogen-bond acceptors (Lipinski definition) is 3. The van der Waals surface area contributed by atoms with Crippen molar-refractivity contribution in [3.05, 3.63) is 29.6 Å². The molecule has 2 fully saturated rings. The second kappa shape index (κ2) is 6.93. The van der Waals surface area contributed by atoms with Gasteiger partial charge in [0.2, 0.25) is 5.91 Å². The second-order valence-corrected chi connectivity index (χ2v) is 9.55. The van der Waals surface area contributed by atoms with Gasteiger partial charge in [0.05, 0.1) is 17.6 Å². The van der Waals surface area contributed by atoms with Gasteiger partial charge in [-0.15, -0.1) is 0 Å². The number of aromatic nitrogens is 2. The highest BCUT2D eigenvalue weighted by Gasteiger charge is 2.41. The molecule has 2 bridgehead atoms. The van der Waals surface area contributed by atoms with Gasteiger partial charge in [-0.2, -0.15) is 0 Å². The molecule has 3 atom stereocenters. The number of H-pyrrole nitrogens is 1. The Hall–Kier alpha value is -1.88. The molecule has 0 aliphatic carbocycles. The number of benzene rings is 1. The topological polar surface area (TPSA) is 61.0 Å². The number of piperidine rings is 1. The van der Waals surface area contributed by atoms with Crippen molar-refractivity contribution in [1.29, 1.82) is 0 Å². The van der Waals surface area contributed by atoms with Crippen molar-refractivity contribution in [1.82, 2.24) is 20.2 Å². The molecular formula is C22H32N4O. The van der Waals surface area contributed by atoms with E-state index in [1.165, 1.54) is 31.2 Å². The summed E-state index contributed by atoms with van der Waals surface area (Å²) in [7, 11) is 0. The monoisotopic (exact) mass is 368 g/mol. The number of fused-ring (bicyclic) bond motifs is 3. The summed E-state index contributed by atoms with van der Waals surface area (Å²) in [6, 6.07) is 7.41. The summed E-state index contributed by atoms with van der Waals surface area (Å²) in [6.07, 6.45) is 5.82. The molecule has 146 valence electrons. The first kappa shape index (κ1) is 18.5. The molecule has 1 unspecified atom stereocenters. The van der Waals surface area contributed by atoms with Gasteiger partial charge in [0, 0.05) is 24.0 Å². The Bertz CT molecular complexity index is 820. The highest BCUT2D eigenvalue weighted by Crippen LogP contribution is 2.39. The van der Waals surface area contributed by atoms with Crippen LogP contribution in [0.25, 0.3) is 11.0 Å². The van der Waals surface area contributed by atoms with E-state index in [1.807, 2.05) is 20.8 Å². The third-order valence-corrected chi connectivity index (χ3v) is 6.07. The molecule has 1 aromatic heterocycles. The van der Waals surface area contributed by atoms with Crippen LogP contribution < -0.4 is 5.32 Å². The van der Waals surface area contributed by atoms with Crippen molar-refractivity contribution in [3.63, 3.8) is 0 Å². The minimum atomic E-state index is -0.159. The van der Waals surface area contributed by atoms with Crippen molar-refractivity contribution < 1.29 is 4.79 Å². The number of para-hydroxylation sites is 1. The number of aryl methyl sites for hydroxylation is 1. The first-order valence-electron chi connectivity index (χ1n) is 10.3. The lowest BCUT2D eigenvalue weighted by atomic mass is 9.88. The molecule has 1 aromatic carbocycles. The lowest BCUT2D eigenvalue weighted by Gasteiger charge is -2.38. The summed E-state index contributed by atoms with van der Waals surface area (Å²) >= 11 is 0. The standard InChI is InChI=1S/C22H32N4O/c1-14-6-5-7-18-21(14)24-19(23-18)12-15-10-16-8-9-17(11-15)26(16)13-20(27)25-22(2,3)4/h5-7,15-17H,8-13H2,1-4H3,(H,23,24)(H,25,27)/t15?,16-,17+. The lowest BCUT2D eigenvalue weighted by molar-refractivity contribution is -0.125. The van der Waals surface area contributed by atoms with Crippen LogP contribution >= 0.6 is 0 Å². The third-order valence-electron chi connectivity index (χ3n) is 6.07. The van der Waals surface area contributed by atoms with Crippen LogP contribution in [0.5, 0.6) is 0 Å². The fraction of sp³-hybridized carbons (Fsp3) is 0.636. The normalized spacial score (nSPS) is 25.9. The Morgan fingerprint density at radius 1 is 1.26 bits per heavy atom. The summed E-state index contributed by atoms with van der Waals surface area (Å²) in [5.41, 5.74) is 3.32. The number of hydrogen-bond donors (Lipinski definition) is 2. The molecule has 2 saturated heterocycles. The molecule has 3 heterocycles. The minimum Gasteiger partial charge on any atom is -0.350 e. The van der Waals surface area contributed by atoms with Gasteiger partial charge < -0.3 is 10.3 Å². The van der Waals surface area contributed by atoms with E-state index in [1.54, 1.807) is 0 Å². The molecule has 2 aliphatic rings. The van der Waals surface area contributed by atoms with Crippen LogP contribution in [0, 0.1) is 12.8 Å². The maximum Gasteiger partial charge on any atom is 0.234 e. The summed E-state index contributed by atoms with van der Waals surface area (Å²) in [6.45, 7) is 8.79. The average molecular weight is 369 g/mol. The van der Waals surface area contributed by atoms with Gasteiger partial charge in [0.1, 0.15) is 5.82 Å². The Kier molecular flexibility index (Phi) is 4.75. The van der Waals surface area contributed by atoms with Crippen LogP contribution in [0.4, 0.5) is 0 Å². The first-order valence-corrected chi connectivity index (χ1v) is 10.3. The summed E-state index contributed by atoms with van der Waals surface area (Å²) in [5, 5.41) is 3.11. The maximum atomic E-state index is 12.4. The Morgan fingerprint density at radius 2 is 1.96 bits per heavy atom. The number of amides is 1. The van der Waals surface area contributed by atoms with E-state index < -0.39 is 0 Å². The van der Waals surface area contributed by atoms with Gasteiger partial charge in [0.15, 0.2) is 0 Å². The maximum absolute atomic E-state index is 12.4. The van der Waals surface area contributed by atoms with Gasteiger partial charge in [-0.25, -0.2) is 4.98 Å². The molecule has 0 radical (unpaired) electrons. The zero-order valence-electron chi connectivity index (χ0n) is 17.0. The molecule has 1 amide bonds. The van der Waals surface area contributed by atoms with E-state index in [0.717, 1.165) is 23.3 Å². The number of carbonyl (C=O) groups excluding carboxylic acids is 1. The van der Waals surface area contributed by atoms with Gasteiger partial charge in [0.25, 0.3) is 0 Å². The SMILES string of the molecule is Cc1cccc2[nH]c(CC3C[C@H]4CC[C@@H](C3)N4CC(=O)NC(C)(C)C)nc12. The van der Waals surface area contributed by atoms with Crippen molar-refractivity contribution in [2.24, 2.45) is 5.92 Å². The van der Waals surface area contributed by atoms with Crippen molar-refractivity contribution >= 4 is 16.9 Å². The smallest absolute Gasteiger partial charge is 0.234 e. The van der Waals surface area contributed by atoms with Crippen LogP contribution in [0.15, 0.2) is 18.2 Å². The van der Waals surface area contributed by atoms with E-state index in [4.69, 9.17) is 4.98 Å². The van der Waals surface area contributed by atoms with E-state index in [-0.39, 0.29) is 11.4 Å². The van der Waals surface area contributed by atoms with E-state index in [2.05, 4.69) is 40.3 Å². The predicted molar refractivity (Wildman–Crippen MR) is 109 cm³/mol. The van der Waals surface area contributed by atoms with Gasteiger partial charge in [-0.1, -0.05) is 12.1 Å². The molecule has 0 saturated carbocycles. The van der Waals surface area contributed by atoms with Crippen LogP contribution in [0.3, 0.4) is 0 Å². The average Bonchev–Trinajstić information content (AvgIpc) is 3.05. The predicted octanol–water partition coefficient (Wildman–Crippen LogP) is 3.57. The number of imidazole rings is 1. The zero-order valence-corrected chi connectivity index (χ0v) is 17.0. The third kappa shape index (κ3) is 4.03. The van der Waals surface area contributed by atoms with Gasteiger partial charge in [-0.05, 0) is 70.9 Å². The molecular weight excluding hydrogens is 336 g/mol. The zero-order chi connectivity index (χ0) is 19.2. The molecule has 5 heteroatoms. The fourth-order valence-electron chi connectivity index (χ4n) is 5.03. The number of nitrogens with zero attached hydrogens (tertiary/aromatic N) is 2. The number of rotatable bonds is 4. The number of carbonyl (C=O) groups is 1. The molecule has 2 aromatic rings. The largest absolute Gasteiger partial charge is 0.350 e.